The number of hydrogen-bond acceptors (Lipinski definition) is 4. The number of rotatable bonds is 7. The maximum Gasteiger partial charge on any atom is 0.245 e. The van der Waals surface area contributed by atoms with Crippen LogP contribution in [0.4, 0.5) is 0 Å². The first-order chi connectivity index (χ1) is 15.1. The number of fused-ring (bicyclic) bond motifs is 1. The lowest BCUT2D eigenvalue weighted by Gasteiger charge is -2.39. The van der Waals surface area contributed by atoms with Gasteiger partial charge in [-0.15, -0.1) is 0 Å². The summed E-state index contributed by atoms with van der Waals surface area (Å²) in [5.74, 6) is 1.49. The summed E-state index contributed by atoms with van der Waals surface area (Å²) < 4.78 is 6.00. The molecule has 2 aliphatic rings. The quantitative estimate of drug-likeness (QED) is 0.714. The number of hydrogen-bond donors (Lipinski definition) is 2. The summed E-state index contributed by atoms with van der Waals surface area (Å²) in [6, 6.07) is 17.2. The molecule has 164 valence electrons. The van der Waals surface area contributed by atoms with Crippen molar-refractivity contribution >= 4 is 11.8 Å². The summed E-state index contributed by atoms with van der Waals surface area (Å²) in [5.41, 5.74) is 1.08. The van der Waals surface area contributed by atoms with Crippen LogP contribution in [0.25, 0.3) is 0 Å². The maximum absolute atomic E-state index is 13.4. The molecular weight excluding hydrogens is 390 g/mol. The molecule has 0 aliphatic carbocycles. The largest absolute Gasteiger partial charge is 0.457 e. The van der Waals surface area contributed by atoms with Crippen molar-refractivity contribution in [3.05, 3.63) is 60.2 Å². The third kappa shape index (κ3) is 4.59. The highest BCUT2D eigenvalue weighted by molar-refractivity contribution is 5.90. The lowest BCUT2D eigenvalue weighted by Crippen LogP contribution is -2.57. The standard InChI is InChI=1S/C25H31N3O3/c1-3-21(26-2)24(29)27-22-14-12-18-13-15-23(28(18)25(22)30)17-8-7-11-20(16-17)31-19-9-5-4-6-10-19/h4-11,16,18,21-23,26H,3,12-15H2,1-2H3,(H,27,29)/t18-,21?,22-,23-/m0/s1. The third-order valence-corrected chi connectivity index (χ3v) is 6.46. The van der Waals surface area contributed by atoms with Gasteiger partial charge in [-0.25, -0.2) is 0 Å². The van der Waals surface area contributed by atoms with Crippen LogP contribution < -0.4 is 15.4 Å². The van der Waals surface area contributed by atoms with E-state index in [1.54, 1.807) is 7.05 Å². The number of para-hydroxylation sites is 1. The summed E-state index contributed by atoms with van der Waals surface area (Å²) in [4.78, 5) is 27.9. The van der Waals surface area contributed by atoms with Crippen LogP contribution in [0.2, 0.25) is 0 Å². The average molecular weight is 422 g/mol. The fourth-order valence-electron chi connectivity index (χ4n) is 4.83. The Morgan fingerprint density at radius 1 is 1.06 bits per heavy atom. The molecular formula is C25H31N3O3. The van der Waals surface area contributed by atoms with Crippen LogP contribution in [-0.4, -0.2) is 41.9 Å². The normalized spacial score (nSPS) is 23.9. The van der Waals surface area contributed by atoms with Crippen LogP contribution in [0.1, 0.15) is 50.6 Å². The molecule has 0 spiro atoms. The van der Waals surface area contributed by atoms with Gasteiger partial charge in [-0.05, 0) is 69.0 Å². The molecule has 2 saturated heterocycles. The van der Waals surface area contributed by atoms with Gasteiger partial charge in [0.2, 0.25) is 11.8 Å². The molecule has 0 saturated carbocycles. The second kappa shape index (κ2) is 9.52. The lowest BCUT2D eigenvalue weighted by molar-refractivity contribution is -0.142. The van der Waals surface area contributed by atoms with E-state index >= 15 is 0 Å². The smallest absolute Gasteiger partial charge is 0.245 e. The molecule has 31 heavy (non-hydrogen) atoms. The van der Waals surface area contributed by atoms with Gasteiger partial charge in [0.25, 0.3) is 0 Å². The van der Waals surface area contributed by atoms with Crippen molar-refractivity contribution in [3.8, 4) is 11.5 Å². The number of carbonyl (C=O) groups is 2. The second-order valence-corrected chi connectivity index (χ2v) is 8.37. The Morgan fingerprint density at radius 2 is 1.81 bits per heavy atom. The molecule has 2 aromatic carbocycles. The first-order valence-corrected chi connectivity index (χ1v) is 11.2. The zero-order valence-corrected chi connectivity index (χ0v) is 18.2. The highest BCUT2D eigenvalue weighted by atomic mass is 16.5. The van der Waals surface area contributed by atoms with Gasteiger partial charge < -0.3 is 20.3 Å². The minimum absolute atomic E-state index is 0.0165. The molecule has 4 atom stereocenters. The first-order valence-electron chi connectivity index (χ1n) is 11.2. The van der Waals surface area contributed by atoms with Crippen LogP contribution in [0.3, 0.4) is 0 Å². The molecule has 2 amide bonds. The number of ether oxygens (including phenoxy) is 1. The van der Waals surface area contributed by atoms with E-state index in [9.17, 15) is 9.59 Å². The zero-order valence-electron chi connectivity index (χ0n) is 18.2. The SMILES string of the molecule is CCC(NC)C(=O)N[C@H]1CC[C@H]2CC[C@@H](c3cccc(Oc4ccccc4)c3)N2C1=O. The van der Waals surface area contributed by atoms with E-state index in [2.05, 4.69) is 16.7 Å². The van der Waals surface area contributed by atoms with E-state index in [1.165, 1.54) is 0 Å². The minimum atomic E-state index is -0.449. The van der Waals surface area contributed by atoms with Crippen molar-refractivity contribution in [2.75, 3.05) is 7.05 Å². The van der Waals surface area contributed by atoms with Crippen LogP contribution in [-0.2, 0) is 9.59 Å². The Morgan fingerprint density at radius 3 is 2.55 bits per heavy atom. The van der Waals surface area contributed by atoms with Crippen LogP contribution in [0.15, 0.2) is 54.6 Å². The number of carbonyl (C=O) groups excluding carboxylic acids is 2. The Balaban J connectivity index is 1.49. The number of piperidine rings is 1. The number of benzene rings is 2. The monoisotopic (exact) mass is 421 g/mol. The molecule has 2 N–H and O–H groups in total. The molecule has 1 unspecified atom stereocenters. The van der Waals surface area contributed by atoms with Gasteiger partial charge in [0, 0.05) is 6.04 Å². The molecule has 4 rings (SSSR count). The molecule has 2 aliphatic heterocycles. The summed E-state index contributed by atoms with van der Waals surface area (Å²) in [5, 5.41) is 5.99. The number of nitrogens with one attached hydrogen (secondary N) is 2. The van der Waals surface area contributed by atoms with Crippen molar-refractivity contribution in [2.45, 2.75) is 63.2 Å². The molecule has 0 bridgehead atoms. The Hall–Kier alpha value is -2.86. The van der Waals surface area contributed by atoms with E-state index in [4.69, 9.17) is 4.74 Å². The van der Waals surface area contributed by atoms with E-state index in [-0.39, 0.29) is 29.9 Å². The van der Waals surface area contributed by atoms with Crippen LogP contribution >= 0.6 is 0 Å². The Bertz CT molecular complexity index is 913. The molecule has 0 radical (unpaired) electrons. The molecule has 2 heterocycles. The zero-order chi connectivity index (χ0) is 21.8. The van der Waals surface area contributed by atoms with Crippen molar-refractivity contribution in [1.82, 2.24) is 15.5 Å². The Kier molecular flexibility index (Phi) is 6.56. The average Bonchev–Trinajstić information content (AvgIpc) is 3.22. The number of likely N-dealkylation sites (N-methyl/N-ethyl adjacent to an activating group) is 1. The van der Waals surface area contributed by atoms with E-state index < -0.39 is 6.04 Å². The van der Waals surface area contributed by atoms with Gasteiger partial charge in [0.15, 0.2) is 0 Å². The maximum atomic E-state index is 13.4. The molecule has 2 fully saturated rings. The third-order valence-electron chi connectivity index (χ3n) is 6.46. The number of amides is 2. The molecule has 2 aromatic rings. The summed E-state index contributed by atoms with van der Waals surface area (Å²) in [7, 11) is 1.77. The highest BCUT2D eigenvalue weighted by Crippen LogP contribution is 2.42. The van der Waals surface area contributed by atoms with Gasteiger partial charge in [-0.2, -0.15) is 0 Å². The van der Waals surface area contributed by atoms with Gasteiger partial charge in [0.05, 0.1) is 12.1 Å². The fourth-order valence-corrected chi connectivity index (χ4v) is 4.83. The van der Waals surface area contributed by atoms with Crippen molar-refractivity contribution in [3.63, 3.8) is 0 Å². The van der Waals surface area contributed by atoms with E-state index in [0.717, 1.165) is 36.3 Å². The minimum Gasteiger partial charge on any atom is -0.457 e. The second-order valence-electron chi connectivity index (χ2n) is 8.37. The Labute approximate surface area is 184 Å². The topological polar surface area (TPSA) is 70.7 Å². The predicted molar refractivity (Wildman–Crippen MR) is 120 cm³/mol. The van der Waals surface area contributed by atoms with Crippen molar-refractivity contribution < 1.29 is 14.3 Å². The van der Waals surface area contributed by atoms with Crippen molar-refractivity contribution in [1.29, 1.82) is 0 Å². The van der Waals surface area contributed by atoms with Crippen LogP contribution in [0.5, 0.6) is 11.5 Å². The summed E-state index contributed by atoms with van der Waals surface area (Å²) in [6.07, 6.45) is 4.24. The molecule has 6 heteroatoms. The van der Waals surface area contributed by atoms with E-state index in [1.807, 2.05) is 60.4 Å². The van der Waals surface area contributed by atoms with Gasteiger partial charge in [0.1, 0.15) is 17.5 Å². The van der Waals surface area contributed by atoms with Crippen molar-refractivity contribution in [2.24, 2.45) is 0 Å². The predicted octanol–water partition coefficient (Wildman–Crippen LogP) is 3.79. The molecule has 0 aromatic heterocycles. The number of nitrogens with zero attached hydrogens (tertiary/aromatic N) is 1. The van der Waals surface area contributed by atoms with Gasteiger partial charge in [-0.3, -0.25) is 9.59 Å². The fraction of sp³-hybridized carbons (Fsp3) is 0.440. The van der Waals surface area contributed by atoms with Gasteiger partial charge >= 0.3 is 0 Å². The van der Waals surface area contributed by atoms with E-state index in [0.29, 0.717) is 12.8 Å². The first kappa shape index (κ1) is 21.4. The summed E-state index contributed by atoms with van der Waals surface area (Å²) in [6.45, 7) is 1.96. The lowest BCUT2D eigenvalue weighted by atomic mass is 9.97. The van der Waals surface area contributed by atoms with Gasteiger partial charge in [-0.1, -0.05) is 37.3 Å². The van der Waals surface area contributed by atoms with Crippen LogP contribution in [0, 0.1) is 0 Å². The highest BCUT2D eigenvalue weighted by Gasteiger charge is 2.44. The molecule has 6 nitrogen and oxygen atoms in total. The summed E-state index contributed by atoms with van der Waals surface area (Å²) >= 11 is 0.